The average molecular weight is 227 g/mol. The van der Waals surface area contributed by atoms with Gasteiger partial charge in [-0.15, -0.1) is 0 Å². The molecule has 2 aromatic rings. The van der Waals surface area contributed by atoms with Crippen LogP contribution in [0.4, 0.5) is 0 Å². The zero-order valence-electron chi connectivity index (χ0n) is 10.1. The molecule has 1 saturated carbocycles. The summed E-state index contributed by atoms with van der Waals surface area (Å²) in [5.41, 5.74) is 1.60. The first-order chi connectivity index (χ1) is 8.31. The van der Waals surface area contributed by atoms with Gasteiger partial charge in [0.2, 0.25) is 0 Å². The van der Waals surface area contributed by atoms with Gasteiger partial charge >= 0.3 is 0 Å². The molecule has 0 N–H and O–H groups in total. The van der Waals surface area contributed by atoms with E-state index >= 15 is 0 Å². The van der Waals surface area contributed by atoms with Gasteiger partial charge < -0.3 is 0 Å². The van der Waals surface area contributed by atoms with E-state index in [2.05, 4.69) is 47.3 Å². The van der Waals surface area contributed by atoms with Crippen LogP contribution in [0.15, 0.2) is 43.0 Å². The summed E-state index contributed by atoms with van der Waals surface area (Å²) in [6, 6.07) is 11.2. The molecule has 1 aromatic carbocycles. The van der Waals surface area contributed by atoms with E-state index in [4.69, 9.17) is 0 Å². The number of hydrogen-bond donors (Lipinski definition) is 0. The first-order valence-electron chi connectivity index (χ1n) is 6.20. The van der Waals surface area contributed by atoms with Gasteiger partial charge in [0.15, 0.2) is 0 Å². The minimum Gasteiger partial charge on any atom is -0.249 e. The second-order valence-corrected chi connectivity index (χ2v) is 5.07. The van der Waals surface area contributed by atoms with E-state index in [1.807, 2.05) is 11.0 Å². The Bertz CT molecular complexity index is 477. The van der Waals surface area contributed by atoms with Crippen LogP contribution in [-0.2, 0) is 5.41 Å². The normalized spacial score (nSPS) is 28.4. The first kappa shape index (κ1) is 10.5. The van der Waals surface area contributed by atoms with Crippen molar-refractivity contribution in [2.75, 3.05) is 0 Å². The summed E-state index contributed by atoms with van der Waals surface area (Å²) in [5, 5.41) is 4.32. The van der Waals surface area contributed by atoms with Crippen molar-refractivity contribution in [3.63, 3.8) is 0 Å². The average Bonchev–Trinajstić information content (AvgIpc) is 2.99. The lowest BCUT2D eigenvalue weighted by atomic mass is 9.78. The second kappa shape index (κ2) is 3.99. The van der Waals surface area contributed by atoms with Crippen LogP contribution >= 0.6 is 0 Å². The first-order valence-corrected chi connectivity index (χ1v) is 6.20. The molecule has 88 valence electrons. The van der Waals surface area contributed by atoms with E-state index < -0.39 is 0 Å². The molecule has 0 aliphatic heterocycles. The SMILES string of the molecule is CC1(c2ccccc2)CCCC1n1cncn1. The van der Waals surface area contributed by atoms with Crippen molar-refractivity contribution in [1.82, 2.24) is 14.8 Å². The summed E-state index contributed by atoms with van der Waals surface area (Å²) in [6.07, 6.45) is 7.15. The summed E-state index contributed by atoms with van der Waals surface area (Å²) in [6.45, 7) is 2.35. The van der Waals surface area contributed by atoms with Crippen molar-refractivity contribution in [3.05, 3.63) is 48.5 Å². The Morgan fingerprint density at radius 3 is 2.82 bits per heavy atom. The Kier molecular flexibility index (Phi) is 2.46. The molecule has 0 amide bonds. The van der Waals surface area contributed by atoms with Crippen LogP contribution in [0.5, 0.6) is 0 Å². The summed E-state index contributed by atoms with van der Waals surface area (Å²) < 4.78 is 2.03. The lowest BCUT2D eigenvalue weighted by molar-refractivity contribution is 0.315. The molecule has 2 unspecified atom stereocenters. The highest BCUT2D eigenvalue weighted by atomic mass is 15.3. The fraction of sp³-hybridized carbons (Fsp3) is 0.429. The molecule has 17 heavy (non-hydrogen) atoms. The zero-order chi connectivity index (χ0) is 11.7. The third-order valence-electron chi connectivity index (χ3n) is 4.10. The monoisotopic (exact) mass is 227 g/mol. The second-order valence-electron chi connectivity index (χ2n) is 5.07. The molecule has 0 spiro atoms. The van der Waals surface area contributed by atoms with Gasteiger partial charge in [0.05, 0.1) is 6.04 Å². The quantitative estimate of drug-likeness (QED) is 0.789. The molecule has 1 aromatic heterocycles. The van der Waals surface area contributed by atoms with Gasteiger partial charge in [-0.2, -0.15) is 5.10 Å². The zero-order valence-corrected chi connectivity index (χ0v) is 10.1. The van der Waals surface area contributed by atoms with Gasteiger partial charge in [-0.1, -0.05) is 43.7 Å². The van der Waals surface area contributed by atoms with Crippen LogP contribution in [0.3, 0.4) is 0 Å². The summed E-state index contributed by atoms with van der Waals surface area (Å²) in [7, 11) is 0. The highest BCUT2D eigenvalue weighted by molar-refractivity contribution is 5.27. The van der Waals surface area contributed by atoms with Crippen molar-refractivity contribution in [2.45, 2.75) is 37.6 Å². The highest BCUT2D eigenvalue weighted by Crippen LogP contribution is 2.47. The number of rotatable bonds is 2. The summed E-state index contributed by atoms with van der Waals surface area (Å²) in [5.74, 6) is 0. The Labute approximate surface area is 101 Å². The van der Waals surface area contributed by atoms with Crippen molar-refractivity contribution >= 4 is 0 Å². The van der Waals surface area contributed by atoms with Crippen LogP contribution in [0.2, 0.25) is 0 Å². The third kappa shape index (κ3) is 1.66. The molecule has 3 rings (SSSR count). The number of aromatic nitrogens is 3. The third-order valence-corrected chi connectivity index (χ3v) is 4.10. The molecule has 1 heterocycles. The molecular weight excluding hydrogens is 210 g/mol. The Hall–Kier alpha value is -1.64. The van der Waals surface area contributed by atoms with Gasteiger partial charge in [-0.05, 0) is 18.4 Å². The fourth-order valence-corrected chi connectivity index (χ4v) is 3.11. The molecule has 0 radical (unpaired) electrons. The Balaban J connectivity index is 2.01. The molecule has 1 fully saturated rings. The minimum atomic E-state index is 0.189. The lowest BCUT2D eigenvalue weighted by Crippen LogP contribution is -2.29. The maximum atomic E-state index is 4.32. The van der Waals surface area contributed by atoms with Gasteiger partial charge in [0.25, 0.3) is 0 Å². The molecule has 0 bridgehead atoms. The molecule has 3 nitrogen and oxygen atoms in total. The van der Waals surface area contributed by atoms with E-state index in [-0.39, 0.29) is 5.41 Å². The largest absolute Gasteiger partial charge is 0.249 e. The van der Waals surface area contributed by atoms with E-state index in [1.165, 1.54) is 24.8 Å². The van der Waals surface area contributed by atoms with Gasteiger partial charge in [-0.3, -0.25) is 0 Å². The molecule has 2 atom stereocenters. The van der Waals surface area contributed by atoms with Crippen molar-refractivity contribution in [3.8, 4) is 0 Å². The van der Waals surface area contributed by atoms with E-state index in [0.717, 1.165) is 0 Å². The number of hydrogen-bond acceptors (Lipinski definition) is 2. The standard InChI is InChI=1S/C14H17N3/c1-14(12-6-3-2-4-7-12)9-5-8-13(14)17-11-15-10-16-17/h2-4,6-7,10-11,13H,5,8-9H2,1H3. The van der Waals surface area contributed by atoms with Crippen LogP contribution in [0.1, 0.15) is 37.8 Å². The van der Waals surface area contributed by atoms with E-state index in [0.29, 0.717) is 6.04 Å². The van der Waals surface area contributed by atoms with Crippen LogP contribution in [0, 0.1) is 0 Å². The van der Waals surface area contributed by atoms with Crippen molar-refractivity contribution < 1.29 is 0 Å². The molecular formula is C14H17N3. The van der Waals surface area contributed by atoms with E-state index in [9.17, 15) is 0 Å². The summed E-state index contributed by atoms with van der Waals surface area (Å²) >= 11 is 0. The fourth-order valence-electron chi connectivity index (χ4n) is 3.11. The predicted octanol–water partition coefficient (Wildman–Crippen LogP) is 2.96. The van der Waals surface area contributed by atoms with Crippen molar-refractivity contribution in [1.29, 1.82) is 0 Å². The van der Waals surface area contributed by atoms with Crippen LogP contribution < -0.4 is 0 Å². The number of benzene rings is 1. The molecule has 3 heteroatoms. The summed E-state index contributed by atoms with van der Waals surface area (Å²) in [4.78, 5) is 4.08. The maximum Gasteiger partial charge on any atom is 0.137 e. The van der Waals surface area contributed by atoms with Crippen molar-refractivity contribution in [2.24, 2.45) is 0 Å². The smallest absolute Gasteiger partial charge is 0.137 e. The van der Waals surface area contributed by atoms with Crippen LogP contribution in [-0.4, -0.2) is 14.8 Å². The Morgan fingerprint density at radius 1 is 1.29 bits per heavy atom. The topological polar surface area (TPSA) is 30.7 Å². The minimum absolute atomic E-state index is 0.189. The van der Waals surface area contributed by atoms with Gasteiger partial charge in [-0.25, -0.2) is 9.67 Å². The van der Waals surface area contributed by atoms with Gasteiger partial charge in [0.1, 0.15) is 12.7 Å². The molecule has 1 aliphatic rings. The number of nitrogens with zero attached hydrogens (tertiary/aromatic N) is 3. The molecule has 0 saturated heterocycles. The van der Waals surface area contributed by atoms with Gasteiger partial charge in [0, 0.05) is 5.41 Å². The lowest BCUT2D eigenvalue weighted by Gasteiger charge is -2.32. The highest BCUT2D eigenvalue weighted by Gasteiger charge is 2.41. The predicted molar refractivity (Wildman–Crippen MR) is 66.7 cm³/mol. The van der Waals surface area contributed by atoms with Crippen LogP contribution in [0.25, 0.3) is 0 Å². The Morgan fingerprint density at radius 2 is 2.12 bits per heavy atom. The van der Waals surface area contributed by atoms with E-state index in [1.54, 1.807) is 6.33 Å². The molecule has 1 aliphatic carbocycles. The maximum absolute atomic E-state index is 4.32.